The van der Waals surface area contributed by atoms with E-state index in [2.05, 4.69) is 15.4 Å². The van der Waals surface area contributed by atoms with E-state index in [-0.39, 0.29) is 30.5 Å². The first kappa shape index (κ1) is 19.8. The van der Waals surface area contributed by atoms with Crippen LogP contribution in [0.15, 0.2) is 35.3 Å². The van der Waals surface area contributed by atoms with Gasteiger partial charge >= 0.3 is 0 Å². The molecule has 3 aromatic rings. The molecule has 8 heteroatoms. The molecule has 1 aromatic carbocycles. The molecule has 0 aliphatic carbocycles. The minimum atomic E-state index is -0.196. The highest BCUT2D eigenvalue weighted by Gasteiger charge is 2.15. The molecule has 1 amide bonds. The molecule has 0 aliphatic rings. The van der Waals surface area contributed by atoms with Crippen molar-refractivity contribution >= 4 is 16.9 Å². The van der Waals surface area contributed by atoms with E-state index in [0.29, 0.717) is 23.5 Å². The molecule has 1 unspecified atom stereocenters. The Balaban J connectivity index is 1.85. The smallest absolute Gasteiger partial charge is 0.264 e. The predicted molar refractivity (Wildman–Crippen MR) is 107 cm³/mol. The van der Waals surface area contributed by atoms with Crippen molar-refractivity contribution in [3.63, 3.8) is 0 Å². The molecule has 0 bridgehead atoms. The van der Waals surface area contributed by atoms with E-state index in [1.165, 1.54) is 10.8 Å². The van der Waals surface area contributed by atoms with E-state index in [9.17, 15) is 9.59 Å². The normalized spacial score (nSPS) is 12.3. The fraction of sp³-hybridized carbons (Fsp3) is 0.400. The first-order chi connectivity index (χ1) is 13.4. The molecule has 8 nitrogen and oxygen atoms in total. The van der Waals surface area contributed by atoms with E-state index in [4.69, 9.17) is 4.74 Å². The average molecular weight is 383 g/mol. The molecule has 0 radical (unpaired) electrons. The summed E-state index contributed by atoms with van der Waals surface area (Å²) in [7, 11) is 1.59. The highest BCUT2D eigenvalue weighted by Crippen LogP contribution is 2.15. The summed E-state index contributed by atoms with van der Waals surface area (Å²) in [5, 5.41) is 7.61. The van der Waals surface area contributed by atoms with Crippen LogP contribution in [-0.4, -0.2) is 45.0 Å². The number of ether oxygens (including phenoxy) is 1. The quantitative estimate of drug-likeness (QED) is 0.671. The van der Waals surface area contributed by atoms with Gasteiger partial charge in [-0.05, 0) is 32.9 Å². The summed E-state index contributed by atoms with van der Waals surface area (Å²) < 4.78 is 8.19. The van der Waals surface area contributed by atoms with Crippen LogP contribution in [0.25, 0.3) is 16.7 Å². The van der Waals surface area contributed by atoms with Crippen LogP contribution in [0.4, 0.5) is 0 Å². The van der Waals surface area contributed by atoms with E-state index >= 15 is 0 Å². The lowest BCUT2D eigenvalue weighted by atomic mass is 10.2. The minimum Gasteiger partial charge on any atom is -0.383 e. The number of carbonyl (C=O) groups excluding carboxylic acids is 1. The lowest BCUT2D eigenvalue weighted by Crippen LogP contribution is -2.36. The number of amides is 1. The SMILES string of the molecule is COCC(C)NC(=O)CCn1c(C)nc2c(cnn2-c2ccc(C)cc2)c1=O. The van der Waals surface area contributed by atoms with Gasteiger partial charge in [0.15, 0.2) is 5.65 Å². The first-order valence-electron chi connectivity index (χ1n) is 9.21. The molecule has 2 aromatic heterocycles. The topological polar surface area (TPSA) is 91.0 Å². The van der Waals surface area contributed by atoms with Gasteiger partial charge in [-0.15, -0.1) is 0 Å². The third-order valence-corrected chi connectivity index (χ3v) is 4.54. The molecule has 0 spiro atoms. The van der Waals surface area contributed by atoms with Crippen LogP contribution in [0, 0.1) is 13.8 Å². The van der Waals surface area contributed by atoms with Gasteiger partial charge in [0.2, 0.25) is 5.91 Å². The predicted octanol–water partition coefficient (Wildman–Crippen LogP) is 1.74. The summed E-state index contributed by atoms with van der Waals surface area (Å²) in [5.41, 5.74) is 2.31. The summed E-state index contributed by atoms with van der Waals surface area (Å²) >= 11 is 0. The number of methoxy groups -OCH3 is 1. The minimum absolute atomic E-state index is 0.0799. The fourth-order valence-electron chi connectivity index (χ4n) is 3.10. The van der Waals surface area contributed by atoms with Gasteiger partial charge in [0.05, 0.1) is 18.5 Å². The molecule has 0 saturated heterocycles. The van der Waals surface area contributed by atoms with Crippen molar-refractivity contribution in [2.45, 2.75) is 39.8 Å². The molecule has 1 atom stereocenters. The molecule has 0 aliphatic heterocycles. The summed E-state index contributed by atoms with van der Waals surface area (Å²) in [6.45, 7) is 6.34. The number of nitrogens with zero attached hydrogens (tertiary/aromatic N) is 4. The Morgan fingerprint density at radius 3 is 2.64 bits per heavy atom. The Morgan fingerprint density at radius 2 is 1.96 bits per heavy atom. The Labute approximate surface area is 163 Å². The van der Waals surface area contributed by atoms with Gasteiger partial charge < -0.3 is 10.1 Å². The second kappa shape index (κ2) is 8.35. The van der Waals surface area contributed by atoms with Crippen molar-refractivity contribution in [1.29, 1.82) is 0 Å². The molecular weight excluding hydrogens is 358 g/mol. The number of aryl methyl sites for hydroxylation is 2. The van der Waals surface area contributed by atoms with E-state index < -0.39 is 0 Å². The molecule has 28 heavy (non-hydrogen) atoms. The van der Waals surface area contributed by atoms with E-state index in [1.54, 1.807) is 18.7 Å². The summed E-state index contributed by atoms with van der Waals surface area (Å²) in [4.78, 5) is 29.6. The van der Waals surface area contributed by atoms with Crippen molar-refractivity contribution in [3.05, 3.63) is 52.2 Å². The second-order valence-corrected chi connectivity index (χ2v) is 6.92. The maximum absolute atomic E-state index is 12.9. The first-order valence-corrected chi connectivity index (χ1v) is 9.21. The van der Waals surface area contributed by atoms with Crippen molar-refractivity contribution in [3.8, 4) is 5.69 Å². The number of fused-ring (bicyclic) bond motifs is 1. The van der Waals surface area contributed by atoms with Crippen LogP contribution in [0.3, 0.4) is 0 Å². The molecule has 2 heterocycles. The number of carbonyl (C=O) groups is 1. The number of benzene rings is 1. The highest BCUT2D eigenvalue weighted by atomic mass is 16.5. The van der Waals surface area contributed by atoms with Crippen molar-refractivity contribution in [2.24, 2.45) is 0 Å². The Hall–Kier alpha value is -3.00. The summed E-state index contributed by atoms with van der Waals surface area (Å²) in [6, 6.07) is 7.77. The van der Waals surface area contributed by atoms with Crippen LogP contribution in [0.2, 0.25) is 0 Å². The maximum atomic E-state index is 12.9. The van der Waals surface area contributed by atoms with Crippen molar-refractivity contribution in [2.75, 3.05) is 13.7 Å². The third-order valence-electron chi connectivity index (χ3n) is 4.54. The van der Waals surface area contributed by atoms with Crippen LogP contribution in [0.5, 0.6) is 0 Å². The van der Waals surface area contributed by atoms with Gasteiger partial charge in [-0.25, -0.2) is 9.67 Å². The van der Waals surface area contributed by atoms with Crippen molar-refractivity contribution < 1.29 is 9.53 Å². The highest BCUT2D eigenvalue weighted by molar-refractivity contribution is 5.77. The molecule has 3 rings (SSSR count). The zero-order chi connectivity index (χ0) is 20.3. The van der Waals surface area contributed by atoms with Gasteiger partial charge in [0, 0.05) is 26.1 Å². The summed E-state index contributed by atoms with van der Waals surface area (Å²) in [6.07, 6.45) is 1.72. The largest absolute Gasteiger partial charge is 0.383 e. The number of nitrogens with one attached hydrogen (secondary N) is 1. The monoisotopic (exact) mass is 383 g/mol. The number of aromatic nitrogens is 4. The van der Waals surface area contributed by atoms with Crippen LogP contribution in [-0.2, 0) is 16.1 Å². The van der Waals surface area contributed by atoms with Crippen molar-refractivity contribution in [1.82, 2.24) is 24.6 Å². The number of hydrogen-bond acceptors (Lipinski definition) is 5. The molecule has 0 fully saturated rings. The Kier molecular flexibility index (Phi) is 5.89. The molecule has 1 N–H and O–H groups in total. The zero-order valence-corrected chi connectivity index (χ0v) is 16.6. The van der Waals surface area contributed by atoms with Crippen LogP contribution < -0.4 is 10.9 Å². The standard InChI is InChI=1S/C20H25N5O3/c1-13-5-7-16(8-6-13)25-19-17(11-21-25)20(27)24(15(3)23-19)10-9-18(26)22-14(2)12-28-4/h5-8,11,14H,9-10,12H2,1-4H3,(H,22,26). The van der Waals surface area contributed by atoms with Gasteiger partial charge in [-0.1, -0.05) is 17.7 Å². The van der Waals surface area contributed by atoms with Gasteiger partial charge in [-0.3, -0.25) is 14.2 Å². The average Bonchev–Trinajstić information content (AvgIpc) is 3.06. The van der Waals surface area contributed by atoms with Gasteiger partial charge in [0.25, 0.3) is 5.56 Å². The third kappa shape index (κ3) is 4.12. The van der Waals surface area contributed by atoms with E-state index in [0.717, 1.165) is 11.3 Å². The lowest BCUT2D eigenvalue weighted by molar-refractivity contribution is -0.122. The molecular formula is C20H25N5O3. The van der Waals surface area contributed by atoms with E-state index in [1.807, 2.05) is 38.1 Å². The molecule has 148 valence electrons. The lowest BCUT2D eigenvalue weighted by Gasteiger charge is -2.14. The van der Waals surface area contributed by atoms with Crippen LogP contribution >= 0.6 is 0 Å². The zero-order valence-electron chi connectivity index (χ0n) is 16.6. The fourth-order valence-corrected chi connectivity index (χ4v) is 3.10. The second-order valence-electron chi connectivity index (χ2n) is 6.92. The number of rotatable bonds is 7. The summed E-state index contributed by atoms with van der Waals surface area (Å²) in [5.74, 6) is 0.412. The maximum Gasteiger partial charge on any atom is 0.264 e. The Morgan fingerprint density at radius 1 is 1.25 bits per heavy atom. The number of hydrogen-bond donors (Lipinski definition) is 1. The van der Waals surface area contributed by atoms with Gasteiger partial charge in [0.1, 0.15) is 11.2 Å². The molecule has 0 saturated carbocycles. The Bertz CT molecular complexity index is 1040. The van der Waals surface area contributed by atoms with Crippen LogP contribution in [0.1, 0.15) is 24.7 Å². The van der Waals surface area contributed by atoms with Gasteiger partial charge in [-0.2, -0.15) is 5.10 Å².